The second kappa shape index (κ2) is 17.8. The van der Waals surface area contributed by atoms with Crippen molar-refractivity contribution in [2.75, 3.05) is 0 Å². The highest BCUT2D eigenvalue weighted by Gasteiger charge is 2.05. The molecule has 1 heteroatoms. The van der Waals surface area contributed by atoms with E-state index in [0.29, 0.717) is 0 Å². The second-order valence-electron chi connectivity index (χ2n) is 9.07. The Morgan fingerprint density at radius 1 is 0.593 bits per heavy atom. The molecule has 0 bridgehead atoms. The van der Waals surface area contributed by atoms with Crippen LogP contribution in [0.4, 0.5) is 0 Å². The number of aryl methyl sites for hydroxylation is 1. The van der Waals surface area contributed by atoms with Gasteiger partial charge in [0.2, 0.25) is 0 Å². The van der Waals surface area contributed by atoms with E-state index in [-0.39, 0.29) is 0 Å². The molecule has 0 N–H and O–H groups in total. The Bertz CT molecular complexity index is 418. The van der Waals surface area contributed by atoms with Crippen molar-refractivity contribution in [2.45, 2.75) is 136 Å². The lowest BCUT2D eigenvalue weighted by atomic mass is 9.98. The fourth-order valence-electron chi connectivity index (χ4n) is 4.05. The van der Waals surface area contributed by atoms with E-state index < -0.39 is 0 Å². The van der Waals surface area contributed by atoms with E-state index in [1.165, 1.54) is 116 Å². The first-order chi connectivity index (χ1) is 13.2. The summed E-state index contributed by atoms with van der Waals surface area (Å²) in [6, 6.07) is 0. The summed E-state index contributed by atoms with van der Waals surface area (Å²) in [5.41, 5.74) is 3.26. The number of hydrogen-bond donors (Lipinski definition) is 0. The van der Waals surface area contributed by atoms with Crippen LogP contribution >= 0.6 is 11.3 Å². The van der Waals surface area contributed by atoms with Crippen molar-refractivity contribution in [1.82, 2.24) is 0 Å². The number of hydrogen-bond acceptors (Lipinski definition) is 1. The Morgan fingerprint density at radius 3 is 1.44 bits per heavy atom. The lowest BCUT2D eigenvalue weighted by Crippen LogP contribution is -1.96. The van der Waals surface area contributed by atoms with Gasteiger partial charge in [0.1, 0.15) is 0 Å². The van der Waals surface area contributed by atoms with Crippen LogP contribution < -0.4 is 0 Å². The van der Waals surface area contributed by atoms with Crippen LogP contribution in [0.15, 0.2) is 10.8 Å². The standard InChI is InChI=1S/C26H48S/c1-4-5-6-7-8-9-10-11-12-13-14-15-16-17-18-19-20-25-22-27-23-26(25)21-24(2)3/h22-24H,4-21H2,1-3H3. The maximum absolute atomic E-state index is 2.39. The van der Waals surface area contributed by atoms with Crippen LogP contribution in [0.5, 0.6) is 0 Å². The number of unbranched alkanes of at least 4 members (excludes halogenated alkanes) is 15. The summed E-state index contributed by atoms with van der Waals surface area (Å²) in [5, 5.41) is 4.77. The van der Waals surface area contributed by atoms with E-state index in [0.717, 1.165) is 5.92 Å². The molecule has 1 aromatic rings. The highest BCUT2D eigenvalue weighted by Crippen LogP contribution is 2.21. The van der Waals surface area contributed by atoms with Gasteiger partial charge in [-0.05, 0) is 47.1 Å². The first-order valence-electron chi connectivity index (χ1n) is 12.3. The van der Waals surface area contributed by atoms with Crippen molar-refractivity contribution < 1.29 is 0 Å². The van der Waals surface area contributed by atoms with Gasteiger partial charge in [-0.3, -0.25) is 0 Å². The second-order valence-corrected chi connectivity index (χ2v) is 9.82. The number of thiophene rings is 1. The minimum atomic E-state index is 0.782. The smallest absolute Gasteiger partial charge is 0.00583 e. The molecule has 0 saturated carbocycles. The molecule has 0 radical (unpaired) electrons. The molecule has 0 atom stereocenters. The summed E-state index contributed by atoms with van der Waals surface area (Å²) >= 11 is 1.90. The Balaban J connectivity index is 1.81. The van der Waals surface area contributed by atoms with Crippen LogP contribution in [0.1, 0.15) is 135 Å². The molecule has 1 aromatic heterocycles. The van der Waals surface area contributed by atoms with Gasteiger partial charge in [0, 0.05) is 0 Å². The zero-order valence-electron chi connectivity index (χ0n) is 18.9. The SMILES string of the molecule is CCCCCCCCCCCCCCCCCCc1cscc1CC(C)C. The van der Waals surface area contributed by atoms with Gasteiger partial charge >= 0.3 is 0 Å². The van der Waals surface area contributed by atoms with Crippen LogP contribution in [0.2, 0.25) is 0 Å². The van der Waals surface area contributed by atoms with Crippen molar-refractivity contribution in [3.05, 3.63) is 21.9 Å². The molecule has 0 aliphatic heterocycles. The molecule has 0 fully saturated rings. The molecular formula is C26H48S. The summed E-state index contributed by atoms with van der Waals surface area (Å²) in [6.45, 7) is 6.96. The molecule has 0 amide bonds. The van der Waals surface area contributed by atoms with Gasteiger partial charge in [-0.2, -0.15) is 11.3 Å². The van der Waals surface area contributed by atoms with Crippen LogP contribution in [0, 0.1) is 5.92 Å². The third-order valence-corrected chi connectivity index (χ3v) is 6.60. The quantitative estimate of drug-likeness (QED) is 0.205. The minimum Gasteiger partial charge on any atom is -0.152 e. The average molecular weight is 393 g/mol. The van der Waals surface area contributed by atoms with Crippen molar-refractivity contribution in [2.24, 2.45) is 5.92 Å². The molecule has 0 aromatic carbocycles. The van der Waals surface area contributed by atoms with Crippen molar-refractivity contribution >= 4 is 11.3 Å². The fourth-order valence-corrected chi connectivity index (χ4v) is 4.97. The van der Waals surface area contributed by atoms with Gasteiger partial charge in [-0.15, -0.1) is 0 Å². The molecule has 1 rings (SSSR count). The minimum absolute atomic E-state index is 0.782. The molecule has 158 valence electrons. The molecule has 0 aliphatic carbocycles. The van der Waals surface area contributed by atoms with Gasteiger partial charge in [0.25, 0.3) is 0 Å². The van der Waals surface area contributed by atoms with Crippen LogP contribution in [-0.4, -0.2) is 0 Å². The van der Waals surface area contributed by atoms with Crippen molar-refractivity contribution in [3.8, 4) is 0 Å². The predicted octanol–water partition coefficient (Wildman–Crippen LogP) is 9.75. The summed E-state index contributed by atoms with van der Waals surface area (Å²) in [5.74, 6) is 0.782. The lowest BCUT2D eigenvalue weighted by molar-refractivity contribution is 0.529. The zero-order valence-corrected chi connectivity index (χ0v) is 19.7. The Labute approximate surface area is 175 Å². The van der Waals surface area contributed by atoms with E-state index in [4.69, 9.17) is 0 Å². The van der Waals surface area contributed by atoms with Crippen LogP contribution in [0.3, 0.4) is 0 Å². The number of rotatable bonds is 19. The first-order valence-corrected chi connectivity index (χ1v) is 13.2. The molecule has 0 unspecified atom stereocenters. The van der Waals surface area contributed by atoms with Gasteiger partial charge in [0.05, 0.1) is 0 Å². The summed E-state index contributed by atoms with van der Waals surface area (Å²) in [6.07, 6.45) is 25.8. The van der Waals surface area contributed by atoms with Gasteiger partial charge in [-0.25, -0.2) is 0 Å². The molecule has 0 saturated heterocycles. The molecular weight excluding hydrogens is 344 g/mol. The molecule has 1 heterocycles. The van der Waals surface area contributed by atoms with E-state index >= 15 is 0 Å². The maximum atomic E-state index is 2.39. The van der Waals surface area contributed by atoms with E-state index in [1.807, 2.05) is 11.3 Å². The third kappa shape index (κ3) is 14.4. The Hall–Kier alpha value is -0.300. The third-order valence-electron chi connectivity index (χ3n) is 5.76. The summed E-state index contributed by atoms with van der Waals surface area (Å²) in [4.78, 5) is 0. The predicted molar refractivity (Wildman–Crippen MR) is 126 cm³/mol. The van der Waals surface area contributed by atoms with Crippen LogP contribution in [0.25, 0.3) is 0 Å². The maximum Gasteiger partial charge on any atom is -0.00583 e. The Morgan fingerprint density at radius 2 is 1.00 bits per heavy atom. The van der Waals surface area contributed by atoms with E-state index in [1.54, 1.807) is 11.1 Å². The van der Waals surface area contributed by atoms with E-state index in [2.05, 4.69) is 31.5 Å². The first kappa shape index (κ1) is 24.7. The average Bonchev–Trinajstić information content (AvgIpc) is 3.07. The van der Waals surface area contributed by atoms with Crippen molar-refractivity contribution in [1.29, 1.82) is 0 Å². The van der Waals surface area contributed by atoms with Gasteiger partial charge in [-0.1, -0.05) is 117 Å². The molecule has 0 aliphatic rings. The fraction of sp³-hybridized carbons (Fsp3) is 0.846. The monoisotopic (exact) mass is 392 g/mol. The van der Waals surface area contributed by atoms with E-state index in [9.17, 15) is 0 Å². The highest BCUT2D eigenvalue weighted by molar-refractivity contribution is 7.08. The van der Waals surface area contributed by atoms with Crippen molar-refractivity contribution in [3.63, 3.8) is 0 Å². The summed E-state index contributed by atoms with van der Waals surface area (Å²) < 4.78 is 0. The van der Waals surface area contributed by atoms with Gasteiger partial charge in [0.15, 0.2) is 0 Å². The summed E-state index contributed by atoms with van der Waals surface area (Å²) in [7, 11) is 0. The largest absolute Gasteiger partial charge is 0.152 e. The topological polar surface area (TPSA) is 0 Å². The molecule has 0 nitrogen and oxygen atoms in total. The zero-order chi connectivity index (χ0) is 19.6. The highest BCUT2D eigenvalue weighted by atomic mass is 32.1. The van der Waals surface area contributed by atoms with Gasteiger partial charge < -0.3 is 0 Å². The normalized spacial score (nSPS) is 11.6. The van der Waals surface area contributed by atoms with Crippen LogP contribution in [-0.2, 0) is 12.8 Å². The lowest BCUT2D eigenvalue weighted by Gasteiger charge is -2.07. The molecule has 27 heavy (non-hydrogen) atoms. The molecule has 0 spiro atoms. The Kier molecular flexibility index (Phi) is 16.3.